The molecule has 1 aliphatic carbocycles. The fraction of sp³-hybridized carbons (Fsp3) is 0.353. The van der Waals surface area contributed by atoms with Crippen molar-refractivity contribution in [2.45, 2.75) is 31.8 Å². The van der Waals surface area contributed by atoms with E-state index >= 15 is 0 Å². The fourth-order valence-electron chi connectivity index (χ4n) is 3.62. The zero-order valence-corrected chi connectivity index (χ0v) is 14.0. The van der Waals surface area contributed by atoms with Gasteiger partial charge in [-0.3, -0.25) is 14.4 Å². The number of imide groups is 1. The molecule has 1 N–H and O–H groups in total. The molecule has 1 aliphatic heterocycles. The molecular weight excluding hydrogens is 328 g/mol. The molecule has 0 bridgehead atoms. The molecule has 1 unspecified atom stereocenters. The van der Waals surface area contributed by atoms with Crippen LogP contribution in [0.25, 0.3) is 0 Å². The maximum atomic E-state index is 13.0. The van der Waals surface area contributed by atoms with Gasteiger partial charge in [0.25, 0.3) is 5.91 Å². The summed E-state index contributed by atoms with van der Waals surface area (Å²) < 4.78 is 1.74. The molecule has 2 heterocycles. The first-order valence-electron chi connectivity index (χ1n) is 7.92. The van der Waals surface area contributed by atoms with Crippen LogP contribution < -0.4 is 5.32 Å². The number of urea groups is 1. The van der Waals surface area contributed by atoms with Gasteiger partial charge in [-0.2, -0.15) is 5.10 Å². The van der Waals surface area contributed by atoms with Crippen LogP contribution in [-0.4, -0.2) is 33.2 Å². The van der Waals surface area contributed by atoms with Gasteiger partial charge < -0.3 is 5.32 Å². The lowest BCUT2D eigenvalue weighted by atomic mass is 9.92. The summed E-state index contributed by atoms with van der Waals surface area (Å²) in [5, 5.41) is 7.75. The van der Waals surface area contributed by atoms with E-state index in [0.29, 0.717) is 24.5 Å². The van der Waals surface area contributed by atoms with Crippen LogP contribution in [0.2, 0.25) is 5.02 Å². The number of carbonyl (C=O) groups is 2. The largest absolute Gasteiger partial charge is 0.325 e. The SMILES string of the molecule is Cc1cnn(CCN2C(=O)NC3(CCc4cc(Cl)ccc43)C2=O)c1. The molecule has 1 aromatic heterocycles. The quantitative estimate of drug-likeness (QED) is 0.868. The van der Waals surface area contributed by atoms with E-state index < -0.39 is 5.54 Å². The van der Waals surface area contributed by atoms with Gasteiger partial charge in [-0.1, -0.05) is 17.7 Å². The predicted molar refractivity (Wildman–Crippen MR) is 88.7 cm³/mol. The van der Waals surface area contributed by atoms with E-state index in [-0.39, 0.29) is 11.9 Å². The summed E-state index contributed by atoms with van der Waals surface area (Å²) in [6.45, 7) is 2.74. The Kier molecular flexibility index (Phi) is 3.38. The summed E-state index contributed by atoms with van der Waals surface area (Å²) in [7, 11) is 0. The predicted octanol–water partition coefficient (Wildman–Crippen LogP) is 2.24. The second kappa shape index (κ2) is 5.34. The number of benzene rings is 1. The van der Waals surface area contributed by atoms with Gasteiger partial charge in [-0.25, -0.2) is 4.79 Å². The Bertz CT molecular complexity index is 847. The van der Waals surface area contributed by atoms with E-state index in [1.165, 1.54) is 4.90 Å². The number of rotatable bonds is 3. The van der Waals surface area contributed by atoms with Crippen molar-refractivity contribution < 1.29 is 9.59 Å². The summed E-state index contributed by atoms with van der Waals surface area (Å²) in [6.07, 6.45) is 4.95. The molecule has 4 rings (SSSR count). The lowest BCUT2D eigenvalue weighted by Gasteiger charge is -2.22. The second-order valence-corrected chi connectivity index (χ2v) is 6.81. The van der Waals surface area contributed by atoms with Gasteiger partial charge in [-0.15, -0.1) is 0 Å². The van der Waals surface area contributed by atoms with Crippen LogP contribution in [0.15, 0.2) is 30.6 Å². The van der Waals surface area contributed by atoms with E-state index in [4.69, 9.17) is 11.6 Å². The number of nitrogens with one attached hydrogen (secondary N) is 1. The molecule has 1 aromatic carbocycles. The molecule has 2 aliphatic rings. The third kappa shape index (κ3) is 2.21. The summed E-state index contributed by atoms with van der Waals surface area (Å²) in [5.41, 5.74) is 2.01. The Hall–Kier alpha value is -2.34. The average molecular weight is 345 g/mol. The molecule has 124 valence electrons. The first-order chi connectivity index (χ1) is 11.5. The standard InChI is InChI=1S/C17H17ClN4O2/c1-11-9-19-21(10-11)6-7-22-15(23)17(20-16(22)24)5-4-12-8-13(18)2-3-14(12)17/h2-3,8-10H,4-7H2,1H3,(H,20,24). The molecule has 7 heteroatoms. The molecule has 6 nitrogen and oxygen atoms in total. The molecule has 1 atom stereocenters. The Morgan fingerprint density at radius 1 is 1.33 bits per heavy atom. The van der Waals surface area contributed by atoms with Crippen molar-refractivity contribution in [1.82, 2.24) is 20.0 Å². The third-order valence-electron chi connectivity index (χ3n) is 4.79. The molecule has 1 spiro atoms. The van der Waals surface area contributed by atoms with E-state index in [2.05, 4.69) is 10.4 Å². The van der Waals surface area contributed by atoms with Gasteiger partial charge in [0.2, 0.25) is 0 Å². The first-order valence-corrected chi connectivity index (χ1v) is 8.29. The van der Waals surface area contributed by atoms with Gasteiger partial charge in [0.1, 0.15) is 5.54 Å². The summed E-state index contributed by atoms with van der Waals surface area (Å²) in [4.78, 5) is 26.7. The smallest absolute Gasteiger partial charge is 0.319 e. The molecule has 0 saturated carbocycles. The van der Waals surface area contributed by atoms with Crippen molar-refractivity contribution in [1.29, 1.82) is 0 Å². The molecule has 1 saturated heterocycles. The average Bonchev–Trinajstić information content (AvgIpc) is 3.18. The highest BCUT2D eigenvalue weighted by Crippen LogP contribution is 2.42. The number of halogens is 1. The lowest BCUT2D eigenvalue weighted by Crippen LogP contribution is -2.42. The van der Waals surface area contributed by atoms with Gasteiger partial charge in [0.05, 0.1) is 19.3 Å². The van der Waals surface area contributed by atoms with Crippen molar-refractivity contribution in [3.8, 4) is 0 Å². The normalized spacial score (nSPS) is 22.3. The van der Waals surface area contributed by atoms with Crippen molar-refractivity contribution in [2.24, 2.45) is 0 Å². The second-order valence-electron chi connectivity index (χ2n) is 6.37. The van der Waals surface area contributed by atoms with Gasteiger partial charge >= 0.3 is 6.03 Å². The van der Waals surface area contributed by atoms with Crippen LogP contribution in [0.4, 0.5) is 4.79 Å². The fourth-order valence-corrected chi connectivity index (χ4v) is 3.81. The first kappa shape index (κ1) is 15.2. The number of amides is 3. The lowest BCUT2D eigenvalue weighted by molar-refractivity contribution is -0.131. The molecule has 1 fully saturated rings. The summed E-state index contributed by atoms with van der Waals surface area (Å²) in [6, 6.07) is 5.15. The van der Waals surface area contributed by atoms with Crippen molar-refractivity contribution in [2.75, 3.05) is 6.54 Å². The third-order valence-corrected chi connectivity index (χ3v) is 5.02. The van der Waals surface area contributed by atoms with E-state index in [9.17, 15) is 9.59 Å². The monoisotopic (exact) mass is 344 g/mol. The number of carbonyl (C=O) groups excluding carboxylic acids is 2. The molecule has 0 radical (unpaired) electrons. The minimum Gasteiger partial charge on any atom is -0.319 e. The minimum atomic E-state index is -0.933. The number of nitrogens with zero attached hydrogens (tertiary/aromatic N) is 3. The number of hydrogen-bond donors (Lipinski definition) is 1. The van der Waals surface area contributed by atoms with E-state index in [0.717, 1.165) is 23.1 Å². The van der Waals surface area contributed by atoms with Gasteiger partial charge in [0, 0.05) is 11.2 Å². The number of aromatic nitrogens is 2. The van der Waals surface area contributed by atoms with Crippen LogP contribution in [0, 0.1) is 6.92 Å². The summed E-state index contributed by atoms with van der Waals surface area (Å²) >= 11 is 6.04. The zero-order chi connectivity index (χ0) is 16.9. The Balaban J connectivity index is 1.58. The molecule has 3 amide bonds. The molecule has 2 aromatic rings. The highest BCUT2D eigenvalue weighted by Gasteiger charge is 2.55. The highest BCUT2D eigenvalue weighted by atomic mass is 35.5. The molecular formula is C17H17ClN4O2. The van der Waals surface area contributed by atoms with Crippen LogP contribution in [-0.2, 0) is 23.3 Å². The van der Waals surface area contributed by atoms with Gasteiger partial charge in [0.15, 0.2) is 0 Å². The van der Waals surface area contributed by atoms with Crippen LogP contribution in [0.1, 0.15) is 23.1 Å². The Morgan fingerprint density at radius 3 is 2.92 bits per heavy atom. The number of hydrogen-bond acceptors (Lipinski definition) is 3. The highest BCUT2D eigenvalue weighted by molar-refractivity contribution is 6.30. The Morgan fingerprint density at radius 2 is 2.17 bits per heavy atom. The van der Waals surface area contributed by atoms with Crippen LogP contribution >= 0.6 is 11.6 Å². The minimum absolute atomic E-state index is 0.183. The van der Waals surface area contributed by atoms with E-state index in [1.54, 1.807) is 16.9 Å². The van der Waals surface area contributed by atoms with Crippen molar-refractivity contribution in [3.63, 3.8) is 0 Å². The van der Waals surface area contributed by atoms with Crippen molar-refractivity contribution in [3.05, 3.63) is 52.3 Å². The maximum Gasteiger partial charge on any atom is 0.325 e. The zero-order valence-electron chi connectivity index (χ0n) is 13.3. The topological polar surface area (TPSA) is 67.2 Å². The maximum absolute atomic E-state index is 13.0. The van der Waals surface area contributed by atoms with Crippen molar-refractivity contribution >= 4 is 23.5 Å². The number of aryl methyl sites for hydroxylation is 2. The number of fused-ring (bicyclic) bond motifs is 2. The van der Waals surface area contributed by atoms with Crippen LogP contribution in [0.3, 0.4) is 0 Å². The Labute approximate surface area is 144 Å². The van der Waals surface area contributed by atoms with Gasteiger partial charge in [-0.05, 0) is 48.6 Å². The van der Waals surface area contributed by atoms with Crippen LogP contribution in [0.5, 0.6) is 0 Å². The van der Waals surface area contributed by atoms with E-state index in [1.807, 2.05) is 25.3 Å². The molecule has 24 heavy (non-hydrogen) atoms. The summed E-state index contributed by atoms with van der Waals surface area (Å²) in [5.74, 6) is -0.183.